The molecule has 1 atom stereocenters. The van der Waals surface area contributed by atoms with Crippen LogP contribution in [0, 0.1) is 19.8 Å². The van der Waals surface area contributed by atoms with E-state index in [0.717, 1.165) is 56.0 Å². The van der Waals surface area contributed by atoms with E-state index in [1.165, 1.54) is 16.0 Å². The Labute approximate surface area is 170 Å². The van der Waals surface area contributed by atoms with Gasteiger partial charge in [0.25, 0.3) is 5.91 Å². The number of carbonyl (C=O) groups is 1. The lowest BCUT2D eigenvalue weighted by Crippen LogP contribution is -2.36. The minimum atomic E-state index is -0.734. The first kappa shape index (κ1) is 19.6. The summed E-state index contributed by atoms with van der Waals surface area (Å²) in [4.78, 5) is 18.7. The molecule has 1 unspecified atom stereocenters. The van der Waals surface area contributed by atoms with Crippen LogP contribution >= 0.6 is 11.3 Å². The van der Waals surface area contributed by atoms with E-state index >= 15 is 0 Å². The standard InChI is InChI=1S/C21H29N3O3S/c1-13-17(14(2)27-22-13)10-23-7-6-16-18(12-28-19(16)11-23)20(25)24-8-5-15(9-24)21(3,4)26/h12,15,26H,5-11H2,1-4H3. The van der Waals surface area contributed by atoms with Gasteiger partial charge < -0.3 is 14.5 Å². The molecule has 1 N–H and O–H groups in total. The highest BCUT2D eigenvalue weighted by Crippen LogP contribution is 2.33. The predicted octanol–water partition coefficient (Wildman–Crippen LogP) is 3.14. The summed E-state index contributed by atoms with van der Waals surface area (Å²) in [6.07, 6.45) is 1.76. The monoisotopic (exact) mass is 403 g/mol. The number of nitrogens with zero attached hydrogens (tertiary/aromatic N) is 3. The third kappa shape index (κ3) is 3.63. The molecule has 2 aromatic heterocycles. The first-order valence-corrected chi connectivity index (χ1v) is 10.9. The Morgan fingerprint density at radius 2 is 2.18 bits per heavy atom. The lowest BCUT2D eigenvalue weighted by atomic mass is 9.90. The lowest BCUT2D eigenvalue weighted by Gasteiger charge is -2.28. The van der Waals surface area contributed by atoms with Crippen LogP contribution in [0.5, 0.6) is 0 Å². The summed E-state index contributed by atoms with van der Waals surface area (Å²) in [5, 5.41) is 16.3. The van der Waals surface area contributed by atoms with Gasteiger partial charge in [-0.2, -0.15) is 0 Å². The number of hydrogen-bond donors (Lipinski definition) is 1. The number of fused-ring (bicyclic) bond motifs is 1. The number of aromatic nitrogens is 1. The van der Waals surface area contributed by atoms with Gasteiger partial charge >= 0.3 is 0 Å². The number of rotatable bonds is 4. The summed E-state index contributed by atoms with van der Waals surface area (Å²) < 4.78 is 5.29. The van der Waals surface area contributed by atoms with Gasteiger partial charge in [0.1, 0.15) is 5.76 Å². The van der Waals surface area contributed by atoms with E-state index in [1.54, 1.807) is 11.3 Å². The average molecular weight is 404 g/mol. The Kier molecular flexibility index (Phi) is 5.10. The molecule has 1 saturated heterocycles. The Balaban J connectivity index is 1.45. The zero-order chi connectivity index (χ0) is 20.1. The van der Waals surface area contributed by atoms with Crippen LogP contribution in [0.4, 0.5) is 0 Å². The van der Waals surface area contributed by atoms with Crippen LogP contribution in [0.1, 0.15) is 58.1 Å². The van der Waals surface area contributed by atoms with Crippen molar-refractivity contribution >= 4 is 17.2 Å². The Morgan fingerprint density at radius 1 is 1.39 bits per heavy atom. The summed E-state index contributed by atoms with van der Waals surface area (Å²) in [6, 6.07) is 0. The molecule has 6 nitrogen and oxygen atoms in total. The third-order valence-electron chi connectivity index (χ3n) is 6.29. The summed E-state index contributed by atoms with van der Waals surface area (Å²) in [5.41, 5.74) is 3.49. The second kappa shape index (κ2) is 7.28. The van der Waals surface area contributed by atoms with Crippen molar-refractivity contribution in [2.24, 2.45) is 5.92 Å². The van der Waals surface area contributed by atoms with Gasteiger partial charge in [-0.3, -0.25) is 9.69 Å². The van der Waals surface area contributed by atoms with Gasteiger partial charge in [0, 0.05) is 54.5 Å². The molecule has 28 heavy (non-hydrogen) atoms. The van der Waals surface area contributed by atoms with Crippen LogP contribution in [-0.2, 0) is 19.5 Å². The van der Waals surface area contributed by atoms with Crippen molar-refractivity contribution in [3.63, 3.8) is 0 Å². The van der Waals surface area contributed by atoms with Crippen LogP contribution in [0.2, 0.25) is 0 Å². The molecule has 0 saturated carbocycles. The second-order valence-electron chi connectivity index (χ2n) is 8.70. The molecule has 2 aliphatic rings. The summed E-state index contributed by atoms with van der Waals surface area (Å²) >= 11 is 1.69. The van der Waals surface area contributed by atoms with Crippen molar-refractivity contribution in [2.45, 2.75) is 59.2 Å². The maximum Gasteiger partial charge on any atom is 0.255 e. The number of hydrogen-bond acceptors (Lipinski definition) is 6. The molecule has 2 aromatic rings. The van der Waals surface area contributed by atoms with Gasteiger partial charge in [-0.15, -0.1) is 11.3 Å². The maximum atomic E-state index is 13.1. The van der Waals surface area contributed by atoms with Crippen LogP contribution in [0.15, 0.2) is 9.90 Å². The van der Waals surface area contributed by atoms with Gasteiger partial charge in [-0.1, -0.05) is 5.16 Å². The minimum absolute atomic E-state index is 0.128. The number of likely N-dealkylation sites (tertiary alicyclic amines) is 1. The maximum absolute atomic E-state index is 13.1. The zero-order valence-electron chi connectivity index (χ0n) is 17.1. The number of carbonyl (C=O) groups excluding carboxylic acids is 1. The number of amides is 1. The van der Waals surface area contributed by atoms with E-state index < -0.39 is 5.60 Å². The first-order valence-electron chi connectivity index (χ1n) is 9.99. The third-order valence-corrected chi connectivity index (χ3v) is 7.31. The molecule has 152 valence electrons. The molecule has 7 heteroatoms. The summed E-state index contributed by atoms with van der Waals surface area (Å²) in [5.74, 6) is 1.17. The molecular formula is C21H29N3O3S. The molecule has 0 aromatic carbocycles. The molecule has 1 amide bonds. The summed E-state index contributed by atoms with van der Waals surface area (Å²) in [7, 11) is 0. The van der Waals surface area contributed by atoms with Crippen molar-refractivity contribution in [1.82, 2.24) is 15.0 Å². The smallest absolute Gasteiger partial charge is 0.255 e. The summed E-state index contributed by atoms with van der Waals surface area (Å²) in [6.45, 7) is 11.6. The highest BCUT2D eigenvalue weighted by molar-refractivity contribution is 7.10. The number of aryl methyl sites for hydroxylation is 2. The van der Waals surface area contributed by atoms with Gasteiger partial charge in [-0.05, 0) is 46.1 Å². The predicted molar refractivity (Wildman–Crippen MR) is 108 cm³/mol. The molecule has 0 spiro atoms. The Morgan fingerprint density at radius 3 is 2.82 bits per heavy atom. The highest BCUT2D eigenvalue weighted by Gasteiger charge is 2.37. The van der Waals surface area contributed by atoms with Crippen LogP contribution in [0.25, 0.3) is 0 Å². The minimum Gasteiger partial charge on any atom is -0.390 e. The zero-order valence-corrected chi connectivity index (χ0v) is 17.9. The molecule has 2 aliphatic heterocycles. The molecule has 0 bridgehead atoms. The molecule has 0 radical (unpaired) electrons. The van der Waals surface area contributed by atoms with Crippen LogP contribution in [0.3, 0.4) is 0 Å². The van der Waals surface area contributed by atoms with Crippen molar-refractivity contribution < 1.29 is 14.4 Å². The van der Waals surface area contributed by atoms with Gasteiger partial charge in [0.05, 0.1) is 16.9 Å². The Hall–Kier alpha value is -1.70. The van der Waals surface area contributed by atoms with Crippen molar-refractivity contribution in [3.05, 3.63) is 38.4 Å². The number of aliphatic hydroxyl groups is 1. The average Bonchev–Trinajstić information content (AvgIpc) is 3.35. The fourth-order valence-electron chi connectivity index (χ4n) is 4.34. The van der Waals surface area contributed by atoms with Crippen molar-refractivity contribution in [1.29, 1.82) is 0 Å². The van der Waals surface area contributed by atoms with Crippen LogP contribution in [-0.4, -0.2) is 51.2 Å². The van der Waals surface area contributed by atoms with Gasteiger partial charge in [0.2, 0.25) is 0 Å². The molecular weight excluding hydrogens is 374 g/mol. The Bertz CT molecular complexity index is 861. The topological polar surface area (TPSA) is 69.8 Å². The van der Waals surface area contributed by atoms with Crippen LogP contribution < -0.4 is 0 Å². The SMILES string of the molecule is Cc1noc(C)c1CN1CCc2c(C(=O)N3CCC(C(C)(C)O)C3)csc2C1. The normalized spacial score (nSPS) is 20.6. The van der Waals surface area contributed by atoms with Gasteiger partial charge in [0.15, 0.2) is 0 Å². The quantitative estimate of drug-likeness (QED) is 0.849. The molecule has 0 aliphatic carbocycles. The van der Waals surface area contributed by atoms with E-state index in [1.807, 2.05) is 38.0 Å². The second-order valence-corrected chi connectivity index (χ2v) is 9.67. The fourth-order valence-corrected chi connectivity index (χ4v) is 5.45. The van der Waals surface area contributed by atoms with Crippen molar-refractivity contribution in [2.75, 3.05) is 19.6 Å². The van der Waals surface area contributed by atoms with Gasteiger partial charge in [-0.25, -0.2) is 0 Å². The van der Waals surface area contributed by atoms with E-state index in [2.05, 4.69) is 10.1 Å². The largest absolute Gasteiger partial charge is 0.390 e. The molecule has 4 heterocycles. The van der Waals surface area contributed by atoms with E-state index in [9.17, 15) is 9.90 Å². The first-order chi connectivity index (χ1) is 13.2. The molecule has 4 rings (SSSR count). The number of thiophene rings is 1. The fraction of sp³-hybridized carbons (Fsp3) is 0.619. The van der Waals surface area contributed by atoms with Crippen molar-refractivity contribution in [3.8, 4) is 0 Å². The van der Waals surface area contributed by atoms with E-state index in [4.69, 9.17) is 4.52 Å². The lowest BCUT2D eigenvalue weighted by molar-refractivity contribution is 0.0211. The molecule has 1 fully saturated rings. The van der Waals surface area contributed by atoms with E-state index in [-0.39, 0.29) is 11.8 Å². The van der Waals surface area contributed by atoms with E-state index in [0.29, 0.717) is 6.54 Å². The highest BCUT2D eigenvalue weighted by atomic mass is 32.1.